The average molecular weight is 302 g/mol. The smallest absolute Gasteiger partial charge is 0.224 e. The van der Waals surface area contributed by atoms with E-state index in [4.69, 9.17) is 12.2 Å². The topological polar surface area (TPSA) is 53.9 Å². The molecule has 0 atom stereocenters. The number of hydrogen-bond acceptors (Lipinski definition) is 3. The summed E-state index contributed by atoms with van der Waals surface area (Å²) in [6.45, 7) is 4.39. The number of hydrogen-bond donors (Lipinski definition) is 1. The number of aryl methyl sites for hydroxylation is 1. The van der Waals surface area contributed by atoms with Crippen LogP contribution in [0.3, 0.4) is 0 Å². The lowest BCUT2D eigenvalue weighted by atomic mass is 10.1. The molecule has 1 N–H and O–H groups in total. The summed E-state index contributed by atoms with van der Waals surface area (Å²) in [7, 11) is 0. The third-order valence-corrected chi connectivity index (χ3v) is 4.10. The van der Waals surface area contributed by atoms with E-state index in [2.05, 4.69) is 16.3 Å². The Labute approximate surface area is 128 Å². The minimum Gasteiger partial charge on any atom is -0.343 e. The van der Waals surface area contributed by atoms with Gasteiger partial charge in [0.1, 0.15) is 0 Å². The molecule has 5 nitrogen and oxygen atoms in total. The quantitative estimate of drug-likeness (QED) is 0.883. The highest BCUT2D eigenvalue weighted by molar-refractivity contribution is 7.71. The van der Waals surface area contributed by atoms with E-state index < -0.39 is 0 Å². The van der Waals surface area contributed by atoms with Crippen LogP contribution in [0.15, 0.2) is 24.3 Å². The van der Waals surface area contributed by atoms with Crippen LogP contribution in [0.2, 0.25) is 0 Å². The first-order chi connectivity index (χ1) is 10.1. The SMILES string of the molecule is Cc1cccc(-c2n[nH]c(=S)n2CCC(=O)N2CCC2)c1. The Hall–Kier alpha value is -1.95. The molecule has 1 saturated heterocycles. The van der Waals surface area contributed by atoms with Gasteiger partial charge in [-0.1, -0.05) is 23.8 Å². The highest BCUT2D eigenvalue weighted by atomic mass is 32.1. The second-order valence-corrected chi connectivity index (χ2v) is 5.74. The van der Waals surface area contributed by atoms with E-state index in [0.29, 0.717) is 17.7 Å². The van der Waals surface area contributed by atoms with Crippen molar-refractivity contribution in [1.82, 2.24) is 19.7 Å². The first kappa shape index (κ1) is 14.0. The van der Waals surface area contributed by atoms with Gasteiger partial charge in [-0.3, -0.25) is 14.5 Å². The molecule has 0 aliphatic carbocycles. The molecule has 3 rings (SSSR count). The monoisotopic (exact) mass is 302 g/mol. The zero-order chi connectivity index (χ0) is 14.8. The van der Waals surface area contributed by atoms with Crippen LogP contribution in [0.4, 0.5) is 0 Å². The van der Waals surface area contributed by atoms with Gasteiger partial charge in [0.2, 0.25) is 5.91 Å². The van der Waals surface area contributed by atoms with Gasteiger partial charge in [0.05, 0.1) is 0 Å². The van der Waals surface area contributed by atoms with Gasteiger partial charge in [0.15, 0.2) is 10.6 Å². The highest BCUT2D eigenvalue weighted by Crippen LogP contribution is 2.19. The molecule has 1 aliphatic rings. The van der Waals surface area contributed by atoms with Crippen molar-refractivity contribution < 1.29 is 4.79 Å². The molecule has 6 heteroatoms. The molecule has 1 aromatic heterocycles. The Morgan fingerprint density at radius 3 is 2.90 bits per heavy atom. The summed E-state index contributed by atoms with van der Waals surface area (Å²) in [5, 5.41) is 7.13. The highest BCUT2D eigenvalue weighted by Gasteiger charge is 2.20. The second-order valence-electron chi connectivity index (χ2n) is 5.36. The van der Waals surface area contributed by atoms with E-state index in [9.17, 15) is 4.79 Å². The number of carbonyl (C=O) groups is 1. The van der Waals surface area contributed by atoms with Crippen molar-refractivity contribution in [2.45, 2.75) is 26.3 Å². The van der Waals surface area contributed by atoms with Gasteiger partial charge >= 0.3 is 0 Å². The number of H-pyrrole nitrogens is 1. The van der Waals surface area contributed by atoms with E-state index >= 15 is 0 Å². The molecular formula is C15H18N4OS. The lowest BCUT2D eigenvalue weighted by Crippen LogP contribution is -2.42. The number of amides is 1. The van der Waals surface area contributed by atoms with Crippen LogP contribution in [0.25, 0.3) is 11.4 Å². The summed E-state index contributed by atoms with van der Waals surface area (Å²) in [6.07, 6.45) is 1.58. The number of likely N-dealkylation sites (tertiary alicyclic amines) is 1. The van der Waals surface area contributed by atoms with Gasteiger partial charge in [-0.2, -0.15) is 5.10 Å². The number of aromatic nitrogens is 3. The van der Waals surface area contributed by atoms with Crippen molar-refractivity contribution >= 4 is 18.1 Å². The first-order valence-corrected chi connectivity index (χ1v) is 7.56. The van der Waals surface area contributed by atoms with Crippen LogP contribution in [0.5, 0.6) is 0 Å². The van der Waals surface area contributed by atoms with Gasteiger partial charge in [-0.05, 0) is 31.6 Å². The van der Waals surface area contributed by atoms with Crippen molar-refractivity contribution in [2.75, 3.05) is 13.1 Å². The first-order valence-electron chi connectivity index (χ1n) is 7.15. The maximum Gasteiger partial charge on any atom is 0.224 e. The fourth-order valence-electron chi connectivity index (χ4n) is 2.46. The predicted octanol–water partition coefficient (Wildman–Crippen LogP) is 2.54. The fourth-order valence-corrected chi connectivity index (χ4v) is 2.68. The molecule has 0 saturated carbocycles. The van der Waals surface area contributed by atoms with Gasteiger partial charge in [-0.15, -0.1) is 0 Å². The third-order valence-electron chi connectivity index (χ3n) is 3.79. The summed E-state index contributed by atoms with van der Waals surface area (Å²) < 4.78 is 2.46. The predicted molar refractivity (Wildman–Crippen MR) is 83.4 cm³/mol. The molecule has 0 bridgehead atoms. The summed E-state index contributed by atoms with van der Waals surface area (Å²) in [5.74, 6) is 0.986. The van der Waals surface area contributed by atoms with E-state index in [0.717, 1.165) is 30.9 Å². The van der Waals surface area contributed by atoms with E-state index in [1.807, 2.05) is 34.6 Å². The molecule has 1 aliphatic heterocycles. The standard InChI is InChI=1S/C15H18N4OS/c1-11-4-2-5-12(10-11)14-16-17-15(21)19(14)9-6-13(20)18-7-3-8-18/h2,4-5,10H,3,6-9H2,1H3,(H,17,21). The molecule has 2 aromatic rings. The van der Waals surface area contributed by atoms with Crippen molar-refractivity contribution in [3.05, 3.63) is 34.6 Å². The normalized spacial score (nSPS) is 14.0. The number of benzene rings is 1. The number of nitrogens with zero attached hydrogens (tertiary/aromatic N) is 3. The third kappa shape index (κ3) is 2.90. The molecule has 1 amide bonds. The van der Waals surface area contributed by atoms with Gasteiger partial charge in [0.25, 0.3) is 0 Å². The molecule has 2 heterocycles. The summed E-state index contributed by atoms with van der Waals surface area (Å²) in [4.78, 5) is 13.9. The Balaban J connectivity index is 1.80. The average Bonchev–Trinajstić information content (AvgIpc) is 2.75. The van der Waals surface area contributed by atoms with Crippen molar-refractivity contribution in [3.63, 3.8) is 0 Å². The lowest BCUT2D eigenvalue weighted by molar-refractivity contribution is -0.134. The number of aromatic amines is 1. The minimum absolute atomic E-state index is 0.194. The Morgan fingerprint density at radius 2 is 2.24 bits per heavy atom. The fraction of sp³-hybridized carbons (Fsp3) is 0.400. The Bertz CT molecular complexity index is 714. The second kappa shape index (κ2) is 5.81. The number of carbonyl (C=O) groups excluding carboxylic acids is 1. The van der Waals surface area contributed by atoms with Gasteiger partial charge in [-0.25, -0.2) is 0 Å². The maximum absolute atomic E-state index is 12.0. The van der Waals surface area contributed by atoms with Crippen LogP contribution >= 0.6 is 12.2 Å². The van der Waals surface area contributed by atoms with Crippen LogP contribution in [-0.2, 0) is 11.3 Å². The molecule has 0 unspecified atom stereocenters. The molecule has 1 aromatic carbocycles. The minimum atomic E-state index is 0.194. The van der Waals surface area contributed by atoms with Gasteiger partial charge < -0.3 is 4.90 Å². The molecule has 21 heavy (non-hydrogen) atoms. The van der Waals surface area contributed by atoms with E-state index in [1.165, 1.54) is 5.56 Å². The van der Waals surface area contributed by atoms with Crippen molar-refractivity contribution in [3.8, 4) is 11.4 Å². The molecular weight excluding hydrogens is 284 g/mol. The van der Waals surface area contributed by atoms with Crippen molar-refractivity contribution in [1.29, 1.82) is 0 Å². The molecule has 0 spiro atoms. The largest absolute Gasteiger partial charge is 0.343 e. The van der Waals surface area contributed by atoms with E-state index in [1.54, 1.807) is 0 Å². The van der Waals surface area contributed by atoms with Crippen molar-refractivity contribution in [2.24, 2.45) is 0 Å². The Morgan fingerprint density at radius 1 is 1.43 bits per heavy atom. The van der Waals surface area contributed by atoms with E-state index in [-0.39, 0.29) is 5.91 Å². The Kier molecular flexibility index (Phi) is 3.88. The zero-order valence-electron chi connectivity index (χ0n) is 12.0. The lowest BCUT2D eigenvalue weighted by Gasteiger charge is -2.31. The number of nitrogens with one attached hydrogen (secondary N) is 1. The van der Waals surface area contributed by atoms with Gasteiger partial charge in [0, 0.05) is 31.6 Å². The number of rotatable bonds is 4. The van der Waals surface area contributed by atoms with Crippen LogP contribution < -0.4 is 0 Å². The molecule has 110 valence electrons. The maximum atomic E-state index is 12.0. The summed E-state index contributed by atoms with van der Waals surface area (Å²) >= 11 is 5.29. The molecule has 1 fully saturated rings. The van der Waals surface area contributed by atoms with Crippen LogP contribution in [0, 0.1) is 11.7 Å². The summed E-state index contributed by atoms with van der Waals surface area (Å²) in [5.41, 5.74) is 2.18. The summed E-state index contributed by atoms with van der Waals surface area (Å²) in [6, 6.07) is 8.12. The zero-order valence-corrected chi connectivity index (χ0v) is 12.8. The molecule has 0 radical (unpaired) electrons. The van der Waals surface area contributed by atoms with Crippen LogP contribution in [-0.4, -0.2) is 38.7 Å². The van der Waals surface area contributed by atoms with Crippen LogP contribution in [0.1, 0.15) is 18.4 Å².